The van der Waals surface area contributed by atoms with E-state index in [0.29, 0.717) is 12.5 Å². The molecule has 1 fully saturated rings. The van der Waals surface area contributed by atoms with Crippen LogP contribution < -0.4 is 4.74 Å². The van der Waals surface area contributed by atoms with E-state index < -0.39 is 0 Å². The zero-order chi connectivity index (χ0) is 24.9. The minimum absolute atomic E-state index is 0.111. The molecule has 0 bridgehead atoms. The molecule has 186 valence electrons. The molecule has 5 nitrogen and oxygen atoms in total. The van der Waals surface area contributed by atoms with Gasteiger partial charge in [0, 0.05) is 44.7 Å². The summed E-state index contributed by atoms with van der Waals surface area (Å²) in [7, 11) is 0. The van der Waals surface area contributed by atoms with E-state index >= 15 is 0 Å². The lowest BCUT2D eigenvalue weighted by Gasteiger charge is -2.35. The maximum absolute atomic E-state index is 13.8. The van der Waals surface area contributed by atoms with Gasteiger partial charge < -0.3 is 14.2 Å². The molecule has 0 unspecified atom stereocenters. The Morgan fingerprint density at radius 1 is 0.833 bits per heavy atom. The summed E-state index contributed by atoms with van der Waals surface area (Å²) in [5, 5.41) is 1.00. The van der Waals surface area contributed by atoms with Crippen LogP contribution in [0.1, 0.15) is 35.5 Å². The van der Waals surface area contributed by atoms with Gasteiger partial charge in [-0.1, -0.05) is 80.6 Å². The van der Waals surface area contributed by atoms with E-state index in [4.69, 9.17) is 4.74 Å². The summed E-state index contributed by atoms with van der Waals surface area (Å²) in [4.78, 5) is 18.2. The molecule has 0 aliphatic carbocycles. The number of ether oxygens (including phenoxy) is 1. The predicted octanol–water partition coefficient (Wildman–Crippen LogP) is 5.83. The number of fused-ring (bicyclic) bond motifs is 1. The lowest BCUT2D eigenvalue weighted by atomic mass is 10.2. The Labute approximate surface area is 213 Å². The van der Waals surface area contributed by atoms with Crippen molar-refractivity contribution in [3.63, 3.8) is 0 Å². The number of benzene rings is 3. The second-order valence-electron chi connectivity index (χ2n) is 10.1. The van der Waals surface area contributed by atoms with Gasteiger partial charge in [-0.25, -0.2) is 0 Å². The summed E-state index contributed by atoms with van der Waals surface area (Å²) in [5.74, 6) is 1.35. The van der Waals surface area contributed by atoms with Crippen molar-refractivity contribution in [2.24, 2.45) is 5.92 Å². The quantitative estimate of drug-likeness (QED) is 0.318. The zero-order valence-corrected chi connectivity index (χ0v) is 21.3. The summed E-state index contributed by atoms with van der Waals surface area (Å²) in [6.45, 7) is 9.86. The number of rotatable bonds is 8. The molecule has 1 amide bonds. The van der Waals surface area contributed by atoms with Crippen molar-refractivity contribution in [3.05, 3.63) is 102 Å². The van der Waals surface area contributed by atoms with Gasteiger partial charge in [-0.2, -0.15) is 0 Å². The minimum Gasteiger partial charge on any atom is -0.488 e. The smallest absolute Gasteiger partial charge is 0.270 e. The Hall–Kier alpha value is -3.57. The monoisotopic (exact) mass is 481 g/mol. The van der Waals surface area contributed by atoms with E-state index in [0.717, 1.165) is 67.2 Å². The van der Waals surface area contributed by atoms with Gasteiger partial charge in [0.1, 0.15) is 18.1 Å². The Kier molecular flexibility index (Phi) is 7.38. The first-order valence-corrected chi connectivity index (χ1v) is 12.9. The van der Waals surface area contributed by atoms with Crippen LogP contribution in [-0.4, -0.2) is 46.5 Å². The SMILES string of the molecule is CC(C)Cn1c(C(=O)N2CCN(Cc3ccccc3)CC2)cc2c(OCc3ccccc3)cccc21. The van der Waals surface area contributed by atoms with E-state index in [1.54, 1.807) is 0 Å². The van der Waals surface area contributed by atoms with Crippen molar-refractivity contribution in [2.75, 3.05) is 26.2 Å². The molecule has 0 radical (unpaired) electrons. The van der Waals surface area contributed by atoms with Gasteiger partial charge in [-0.3, -0.25) is 9.69 Å². The molecular formula is C31H35N3O2. The second kappa shape index (κ2) is 11.0. The lowest BCUT2D eigenvalue weighted by Crippen LogP contribution is -2.48. The Morgan fingerprint density at radius 2 is 1.50 bits per heavy atom. The van der Waals surface area contributed by atoms with E-state index in [1.165, 1.54) is 5.56 Å². The molecule has 1 aliphatic rings. The summed E-state index contributed by atoms with van der Waals surface area (Å²) < 4.78 is 8.42. The molecule has 1 aliphatic heterocycles. The molecule has 0 N–H and O–H groups in total. The Morgan fingerprint density at radius 3 is 2.17 bits per heavy atom. The third kappa shape index (κ3) is 5.47. The fraction of sp³-hybridized carbons (Fsp3) is 0.323. The molecular weight excluding hydrogens is 446 g/mol. The molecule has 0 saturated carbocycles. The Bertz CT molecular complexity index is 1290. The molecule has 36 heavy (non-hydrogen) atoms. The first kappa shape index (κ1) is 24.1. The van der Waals surface area contributed by atoms with Crippen LogP contribution in [-0.2, 0) is 19.7 Å². The van der Waals surface area contributed by atoms with Gasteiger partial charge in [-0.05, 0) is 35.2 Å². The third-order valence-corrected chi connectivity index (χ3v) is 6.82. The third-order valence-electron chi connectivity index (χ3n) is 6.82. The Balaban J connectivity index is 1.35. The number of hydrogen-bond donors (Lipinski definition) is 0. The molecule has 1 aromatic heterocycles. The molecule has 2 heterocycles. The van der Waals surface area contributed by atoms with Crippen molar-refractivity contribution in [1.29, 1.82) is 0 Å². The molecule has 5 heteroatoms. The lowest BCUT2D eigenvalue weighted by molar-refractivity contribution is 0.0617. The van der Waals surface area contributed by atoms with Crippen molar-refractivity contribution in [2.45, 2.75) is 33.5 Å². The number of hydrogen-bond acceptors (Lipinski definition) is 3. The number of carbonyl (C=O) groups excluding carboxylic acids is 1. The average Bonchev–Trinajstić information content (AvgIpc) is 3.27. The largest absolute Gasteiger partial charge is 0.488 e. The number of carbonyl (C=O) groups is 1. The normalized spacial score (nSPS) is 14.5. The van der Waals surface area contributed by atoms with Gasteiger partial charge in [-0.15, -0.1) is 0 Å². The maximum atomic E-state index is 13.8. The van der Waals surface area contributed by atoms with E-state index in [2.05, 4.69) is 71.8 Å². The fourth-order valence-electron chi connectivity index (χ4n) is 4.97. The highest BCUT2D eigenvalue weighted by molar-refractivity contribution is 6.00. The first-order chi connectivity index (χ1) is 17.6. The van der Waals surface area contributed by atoms with Crippen molar-refractivity contribution in [1.82, 2.24) is 14.4 Å². The number of nitrogens with zero attached hydrogens (tertiary/aromatic N) is 3. The number of aromatic nitrogens is 1. The standard InChI is InChI=1S/C31H35N3O2/c1-24(2)21-34-28-14-9-15-30(36-23-26-12-7-4-8-13-26)27(28)20-29(34)31(35)33-18-16-32(17-19-33)22-25-10-5-3-6-11-25/h3-15,20,24H,16-19,21-23H2,1-2H3. The van der Waals surface area contributed by atoms with Crippen LogP contribution in [0.4, 0.5) is 0 Å². The molecule has 0 spiro atoms. The van der Waals surface area contributed by atoms with Crippen LogP contribution in [0, 0.1) is 5.92 Å². The van der Waals surface area contributed by atoms with E-state index in [9.17, 15) is 4.79 Å². The molecule has 3 aromatic carbocycles. The summed E-state index contributed by atoms with van der Waals surface area (Å²) in [6.07, 6.45) is 0. The van der Waals surface area contributed by atoms with Crippen LogP contribution in [0.5, 0.6) is 5.75 Å². The van der Waals surface area contributed by atoms with Crippen molar-refractivity contribution < 1.29 is 9.53 Å². The highest BCUT2D eigenvalue weighted by Gasteiger charge is 2.26. The van der Waals surface area contributed by atoms with Gasteiger partial charge in [0.15, 0.2) is 0 Å². The van der Waals surface area contributed by atoms with Gasteiger partial charge in [0.05, 0.1) is 5.52 Å². The van der Waals surface area contributed by atoms with Gasteiger partial charge in [0.2, 0.25) is 0 Å². The summed E-state index contributed by atoms with van der Waals surface area (Å²) in [6, 6.07) is 28.9. The molecule has 5 rings (SSSR count). The minimum atomic E-state index is 0.111. The van der Waals surface area contributed by atoms with Crippen LogP contribution in [0.15, 0.2) is 84.9 Å². The zero-order valence-electron chi connectivity index (χ0n) is 21.3. The average molecular weight is 482 g/mol. The van der Waals surface area contributed by atoms with Crippen molar-refractivity contribution >= 4 is 16.8 Å². The molecule has 4 aromatic rings. The van der Waals surface area contributed by atoms with E-state index in [-0.39, 0.29) is 5.91 Å². The number of amides is 1. The second-order valence-corrected chi connectivity index (χ2v) is 10.1. The highest BCUT2D eigenvalue weighted by atomic mass is 16.5. The van der Waals surface area contributed by atoms with Crippen molar-refractivity contribution in [3.8, 4) is 5.75 Å². The molecule has 1 saturated heterocycles. The highest BCUT2D eigenvalue weighted by Crippen LogP contribution is 2.31. The fourth-order valence-corrected chi connectivity index (χ4v) is 4.97. The summed E-state index contributed by atoms with van der Waals surface area (Å²) >= 11 is 0. The van der Waals surface area contributed by atoms with Crippen LogP contribution in [0.2, 0.25) is 0 Å². The van der Waals surface area contributed by atoms with Gasteiger partial charge in [0.25, 0.3) is 5.91 Å². The molecule has 0 atom stereocenters. The van der Waals surface area contributed by atoms with Gasteiger partial charge >= 0.3 is 0 Å². The predicted molar refractivity (Wildman–Crippen MR) is 145 cm³/mol. The number of piperazine rings is 1. The maximum Gasteiger partial charge on any atom is 0.270 e. The topological polar surface area (TPSA) is 37.7 Å². The van der Waals surface area contributed by atoms with Crippen LogP contribution in [0.25, 0.3) is 10.9 Å². The first-order valence-electron chi connectivity index (χ1n) is 12.9. The van der Waals surface area contributed by atoms with Crippen LogP contribution in [0.3, 0.4) is 0 Å². The van der Waals surface area contributed by atoms with E-state index in [1.807, 2.05) is 41.3 Å². The van der Waals surface area contributed by atoms with Crippen LogP contribution >= 0.6 is 0 Å². The summed E-state index contributed by atoms with van der Waals surface area (Å²) in [5.41, 5.74) is 4.25.